The van der Waals surface area contributed by atoms with E-state index < -0.39 is 28.0 Å². The Bertz CT molecular complexity index is 717. The number of carboxylic acids is 1. The zero-order valence-electron chi connectivity index (χ0n) is 11.7. The molecule has 1 heterocycles. The molecule has 1 fully saturated rings. The molecule has 0 radical (unpaired) electrons. The molecule has 120 valence electrons. The summed E-state index contributed by atoms with van der Waals surface area (Å²) in [6.07, 6.45) is 0.743. The van der Waals surface area contributed by atoms with E-state index in [9.17, 15) is 18.0 Å². The summed E-state index contributed by atoms with van der Waals surface area (Å²) in [4.78, 5) is 22.4. The molecule has 0 aliphatic carbocycles. The zero-order chi connectivity index (χ0) is 16.5. The summed E-state index contributed by atoms with van der Waals surface area (Å²) < 4.78 is 30.6. The molecule has 0 aromatic heterocycles. The molecule has 1 atom stereocenters. The number of methoxy groups -OCH3 is 1. The Morgan fingerprint density at radius 1 is 1.41 bits per heavy atom. The SMILES string of the molecule is COC(=O)c1ccc(S(=O)(=O)N2CCCC2C(=O)O)cc1Cl. The number of esters is 1. The maximum Gasteiger partial charge on any atom is 0.339 e. The van der Waals surface area contributed by atoms with Gasteiger partial charge in [-0.15, -0.1) is 0 Å². The first kappa shape index (κ1) is 16.7. The van der Waals surface area contributed by atoms with Crippen LogP contribution in [0, 0.1) is 0 Å². The van der Waals surface area contributed by atoms with Crippen molar-refractivity contribution in [2.45, 2.75) is 23.8 Å². The number of hydrogen-bond acceptors (Lipinski definition) is 5. The highest BCUT2D eigenvalue weighted by Crippen LogP contribution is 2.29. The van der Waals surface area contributed by atoms with Crippen molar-refractivity contribution in [1.82, 2.24) is 4.31 Å². The number of aliphatic carboxylic acids is 1. The second kappa shape index (κ2) is 6.23. The van der Waals surface area contributed by atoms with Crippen LogP contribution < -0.4 is 0 Å². The number of sulfonamides is 1. The molecule has 1 aromatic carbocycles. The summed E-state index contributed by atoms with van der Waals surface area (Å²) in [7, 11) is -2.80. The van der Waals surface area contributed by atoms with Gasteiger partial charge in [0.1, 0.15) is 6.04 Å². The van der Waals surface area contributed by atoms with E-state index >= 15 is 0 Å². The monoisotopic (exact) mass is 347 g/mol. The smallest absolute Gasteiger partial charge is 0.339 e. The van der Waals surface area contributed by atoms with E-state index in [1.165, 1.54) is 19.2 Å². The number of hydrogen-bond donors (Lipinski definition) is 1. The Kier molecular flexibility index (Phi) is 4.74. The number of carboxylic acid groups (broad SMARTS) is 1. The first-order valence-corrected chi connectivity index (χ1v) is 8.23. The van der Waals surface area contributed by atoms with Crippen molar-refractivity contribution in [2.24, 2.45) is 0 Å². The molecule has 1 saturated heterocycles. The van der Waals surface area contributed by atoms with Gasteiger partial charge >= 0.3 is 11.9 Å². The molecule has 1 aliphatic rings. The van der Waals surface area contributed by atoms with Crippen LogP contribution in [-0.2, 0) is 19.6 Å². The largest absolute Gasteiger partial charge is 0.480 e. The maximum absolute atomic E-state index is 12.5. The van der Waals surface area contributed by atoms with Gasteiger partial charge in [0.2, 0.25) is 10.0 Å². The summed E-state index contributed by atoms with van der Waals surface area (Å²) in [5, 5.41) is 9.03. The van der Waals surface area contributed by atoms with Crippen LogP contribution in [0.15, 0.2) is 23.1 Å². The number of carbonyl (C=O) groups is 2. The van der Waals surface area contributed by atoms with Gasteiger partial charge in [0.15, 0.2) is 0 Å². The highest BCUT2D eigenvalue weighted by Gasteiger charge is 2.39. The summed E-state index contributed by atoms with van der Waals surface area (Å²) in [5.41, 5.74) is 0.0410. The maximum atomic E-state index is 12.5. The Hall–Kier alpha value is -1.64. The summed E-state index contributed by atoms with van der Waals surface area (Å²) >= 11 is 5.91. The van der Waals surface area contributed by atoms with Crippen molar-refractivity contribution >= 4 is 33.6 Å². The summed E-state index contributed by atoms with van der Waals surface area (Å²) in [6.45, 7) is 0.135. The fraction of sp³-hybridized carbons (Fsp3) is 0.385. The van der Waals surface area contributed by atoms with Crippen molar-refractivity contribution in [3.05, 3.63) is 28.8 Å². The molecule has 2 rings (SSSR count). The summed E-state index contributed by atoms with van der Waals surface area (Å²) in [5.74, 6) is -1.86. The molecule has 0 saturated carbocycles. The van der Waals surface area contributed by atoms with Crippen LogP contribution >= 0.6 is 11.6 Å². The second-order valence-electron chi connectivity index (χ2n) is 4.75. The van der Waals surface area contributed by atoms with Gasteiger partial charge in [-0.25, -0.2) is 13.2 Å². The third kappa shape index (κ3) is 2.94. The molecular weight excluding hydrogens is 334 g/mol. The molecule has 7 nitrogen and oxygen atoms in total. The van der Waals surface area contributed by atoms with Gasteiger partial charge in [-0.05, 0) is 31.0 Å². The zero-order valence-corrected chi connectivity index (χ0v) is 13.2. The predicted octanol–water partition coefficient (Wildman–Crippen LogP) is 1.36. The Balaban J connectivity index is 2.40. The van der Waals surface area contributed by atoms with E-state index in [0.717, 1.165) is 10.4 Å². The minimum Gasteiger partial charge on any atom is -0.480 e. The Labute approximate surface area is 132 Å². The number of nitrogens with zero attached hydrogens (tertiary/aromatic N) is 1. The lowest BCUT2D eigenvalue weighted by atomic mass is 10.2. The van der Waals surface area contributed by atoms with Crippen LogP contribution in [0.1, 0.15) is 23.2 Å². The van der Waals surface area contributed by atoms with Crippen LogP contribution in [0.3, 0.4) is 0 Å². The molecular formula is C13H14ClNO6S. The number of ether oxygens (including phenoxy) is 1. The van der Waals surface area contributed by atoms with Gasteiger partial charge in [0.25, 0.3) is 0 Å². The lowest BCUT2D eigenvalue weighted by Gasteiger charge is -2.21. The quantitative estimate of drug-likeness (QED) is 0.825. The molecule has 22 heavy (non-hydrogen) atoms. The molecule has 1 aromatic rings. The van der Waals surface area contributed by atoms with Crippen molar-refractivity contribution in [3.8, 4) is 0 Å². The fourth-order valence-electron chi connectivity index (χ4n) is 2.34. The fourth-order valence-corrected chi connectivity index (χ4v) is 4.34. The average Bonchev–Trinajstić information content (AvgIpc) is 2.96. The lowest BCUT2D eigenvalue weighted by Crippen LogP contribution is -2.40. The van der Waals surface area contributed by atoms with Crippen LogP contribution in [0.25, 0.3) is 0 Å². The van der Waals surface area contributed by atoms with Gasteiger partial charge in [-0.3, -0.25) is 4.79 Å². The molecule has 0 bridgehead atoms. The predicted molar refractivity (Wildman–Crippen MR) is 77.3 cm³/mol. The second-order valence-corrected chi connectivity index (χ2v) is 7.04. The molecule has 1 N–H and O–H groups in total. The van der Waals surface area contributed by atoms with Crippen LogP contribution in [0.4, 0.5) is 0 Å². The topological polar surface area (TPSA) is 101 Å². The minimum absolute atomic E-state index is 0.0410. The van der Waals surface area contributed by atoms with Gasteiger partial charge in [-0.2, -0.15) is 4.31 Å². The van der Waals surface area contributed by atoms with E-state index in [1.807, 2.05) is 0 Å². The normalized spacial score (nSPS) is 19.1. The van der Waals surface area contributed by atoms with E-state index in [4.69, 9.17) is 16.7 Å². The molecule has 0 spiro atoms. The van der Waals surface area contributed by atoms with Crippen molar-refractivity contribution in [1.29, 1.82) is 0 Å². The third-order valence-electron chi connectivity index (χ3n) is 3.44. The van der Waals surface area contributed by atoms with Crippen molar-refractivity contribution < 1.29 is 27.9 Å². The highest BCUT2D eigenvalue weighted by atomic mass is 35.5. The number of benzene rings is 1. The Morgan fingerprint density at radius 3 is 2.64 bits per heavy atom. The third-order valence-corrected chi connectivity index (χ3v) is 5.66. The van der Waals surface area contributed by atoms with Crippen LogP contribution in [-0.4, -0.2) is 49.5 Å². The first-order valence-electron chi connectivity index (χ1n) is 6.41. The molecule has 1 aliphatic heterocycles. The van der Waals surface area contributed by atoms with Gasteiger partial charge in [0, 0.05) is 6.54 Å². The molecule has 0 amide bonds. The summed E-state index contributed by atoms with van der Waals surface area (Å²) in [6, 6.07) is 2.50. The van der Waals surface area contributed by atoms with E-state index in [2.05, 4.69) is 4.74 Å². The number of carbonyl (C=O) groups excluding carboxylic acids is 1. The van der Waals surface area contributed by atoms with Gasteiger partial charge in [0.05, 0.1) is 22.6 Å². The van der Waals surface area contributed by atoms with E-state index in [-0.39, 0.29) is 28.4 Å². The van der Waals surface area contributed by atoms with Gasteiger partial charge in [-0.1, -0.05) is 11.6 Å². The molecule has 1 unspecified atom stereocenters. The van der Waals surface area contributed by atoms with Crippen molar-refractivity contribution in [3.63, 3.8) is 0 Å². The highest BCUT2D eigenvalue weighted by molar-refractivity contribution is 7.89. The standard InChI is InChI=1S/C13H14ClNO6S/c1-21-13(18)9-5-4-8(7-10(9)14)22(19,20)15-6-2-3-11(15)12(16)17/h4-5,7,11H,2-3,6H2,1H3,(H,16,17). The lowest BCUT2D eigenvalue weighted by molar-refractivity contribution is -0.140. The number of halogens is 1. The minimum atomic E-state index is -3.99. The van der Waals surface area contributed by atoms with Crippen LogP contribution in [0.5, 0.6) is 0 Å². The molecule has 9 heteroatoms. The average molecular weight is 348 g/mol. The first-order chi connectivity index (χ1) is 10.3. The number of rotatable bonds is 4. The van der Waals surface area contributed by atoms with E-state index in [1.54, 1.807) is 0 Å². The van der Waals surface area contributed by atoms with Crippen molar-refractivity contribution in [2.75, 3.05) is 13.7 Å². The van der Waals surface area contributed by atoms with E-state index in [0.29, 0.717) is 6.42 Å². The Morgan fingerprint density at radius 2 is 2.09 bits per heavy atom. The van der Waals surface area contributed by atoms with Crippen LogP contribution in [0.2, 0.25) is 5.02 Å². The van der Waals surface area contributed by atoms with Gasteiger partial charge < -0.3 is 9.84 Å².